The number of methoxy groups -OCH3 is 2. The smallest absolute Gasteiger partial charge is 0.261 e. The largest absolute Gasteiger partial charge is 0.491 e. The molecule has 1 aromatic heterocycles. The van der Waals surface area contributed by atoms with Gasteiger partial charge in [0.15, 0.2) is 17.4 Å². The van der Waals surface area contributed by atoms with Gasteiger partial charge in [-0.05, 0) is 30.3 Å². The molecule has 0 spiro atoms. The third-order valence-electron chi connectivity index (χ3n) is 3.85. The predicted octanol–water partition coefficient (Wildman–Crippen LogP) is 3.84. The van der Waals surface area contributed by atoms with Gasteiger partial charge in [-0.3, -0.25) is 4.72 Å². The fourth-order valence-corrected chi connectivity index (χ4v) is 3.64. The third kappa shape index (κ3) is 3.89. The van der Waals surface area contributed by atoms with Gasteiger partial charge in [-0.15, -0.1) is 0 Å². The molecule has 0 amide bonds. The molecule has 1 heterocycles. The number of nitrogens with one attached hydrogen (secondary N) is 1. The Morgan fingerprint density at radius 1 is 0.929 bits per heavy atom. The molecule has 2 aromatic carbocycles. The first-order chi connectivity index (χ1) is 13.4. The maximum atomic E-state index is 14.2. The Hall–Kier alpha value is -3.20. The Balaban J connectivity index is 2.12. The first kappa shape index (κ1) is 19.6. The molecule has 0 aliphatic heterocycles. The van der Waals surface area contributed by atoms with Crippen molar-refractivity contribution >= 4 is 15.7 Å². The molecule has 0 saturated carbocycles. The number of aromatic nitrogens is 1. The SMILES string of the molecule is COc1ccc(NS(=O)(=O)c2ccccc2)c(-c2cc(F)c(OC)c(F)c2)n1. The zero-order valence-corrected chi connectivity index (χ0v) is 15.8. The fourth-order valence-electron chi connectivity index (χ4n) is 2.55. The zero-order valence-electron chi connectivity index (χ0n) is 14.9. The van der Waals surface area contributed by atoms with Gasteiger partial charge in [-0.2, -0.15) is 0 Å². The van der Waals surface area contributed by atoms with Crippen molar-refractivity contribution in [2.75, 3.05) is 18.9 Å². The van der Waals surface area contributed by atoms with Crippen LogP contribution in [0.5, 0.6) is 11.6 Å². The van der Waals surface area contributed by atoms with E-state index in [0.29, 0.717) is 0 Å². The molecule has 0 radical (unpaired) electrons. The Morgan fingerprint density at radius 2 is 1.57 bits per heavy atom. The Labute approximate surface area is 160 Å². The highest BCUT2D eigenvalue weighted by Gasteiger charge is 2.20. The first-order valence-corrected chi connectivity index (χ1v) is 9.50. The Bertz CT molecular complexity index is 1080. The summed E-state index contributed by atoms with van der Waals surface area (Å²) < 4.78 is 65.7. The second-order valence-corrected chi connectivity index (χ2v) is 7.32. The fraction of sp³-hybridized carbons (Fsp3) is 0.105. The van der Waals surface area contributed by atoms with Crippen LogP contribution in [-0.2, 0) is 10.0 Å². The third-order valence-corrected chi connectivity index (χ3v) is 5.23. The molecule has 6 nitrogen and oxygen atoms in total. The number of hydrogen-bond acceptors (Lipinski definition) is 5. The second-order valence-electron chi connectivity index (χ2n) is 5.64. The van der Waals surface area contributed by atoms with E-state index in [1.807, 2.05) is 0 Å². The number of nitrogens with zero attached hydrogens (tertiary/aromatic N) is 1. The minimum Gasteiger partial charge on any atom is -0.491 e. The number of pyridine rings is 1. The lowest BCUT2D eigenvalue weighted by molar-refractivity contribution is 0.360. The topological polar surface area (TPSA) is 77.5 Å². The quantitative estimate of drug-likeness (QED) is 0.673. The Morgan fingerprint density at radius 3 is 2.14 bits per heavy atom. The van der Waals surface area contributed by atoms with E-state index in [2.05, 4.69) is 14.4 Å². The molecule has 0 aliphatic rings. The molecule has 0 bridgehead atoms. The van der Waals surface area contributed by atoms with E-state index in [-0.39, 0.29) is 27.7 Å². The van der Waals surface area contributed by atoms with Crippen molar-refractivity contribution in [3.05, 3.63) is 66.2 Å². The van der Waals surface area contributed by atoms with Crippen molar-refractivity contribution in [2.45, 2.75) is 4.90 Å². The minimum absolute atomic E-state index is 0.000640. The van der Waals surface area contributed by atoms with E-state index < -0.39 is 27.4 Å². The van der Waals surface area contributed by atoms with Crippen LogP contribution in [0.2, 0.25) is 0 Å². The maximum absolute atomic E-state index is 14.2. The molecule has 0 aliphatic carbocycles. The molecule has 3 rings (SSSR count). The van der Waals surface area contributed by atoms with Crippen molar-refractivity contribution in [3.8, 4) is 22.9 Å². The van der Waals surface area contributed by atoms with Gasteiger partial charge >= 0.3 is 0 Å². The van der Waals surface area contributed by atoms with Crippen molar-refractivity contribution in [2.24, 2.45) is 0 Å². The van der Waals surface area contributed by atoms with Gasteiger partial charge in [0.25, 0.3) is 10.0 Å². The van der Waals surface area contributed by atoms with Crippen LogP contribution in [0.1, 0.15) is 0 Å². The molecule has 0 saturated heterocycles. The average Bonchev–Trinajstić information content (AvgIpc) is 2.68. The van der Waals surface area contributed by atoms with Crippen LogP contribution in [0.3, 0.4) is 0 Å². The average molecular weight is 406 g/mol. The molecular weight excluding hydrogens is 390 g/mol. The van der Waals surface area contributed by atoms with E-state index in [4.69, 9.17) is 4.74 Å². The van der Waals surface area contributed by atoms with Crippen molar-refractivity contribution in [1.29, 1.82) is 0 Å². The summed E-state index contributed by atoms with van der Waals surface area (Å²) in [7, 11) is -1.43. The van der Waals surface area contributed by atoms with Gasteiger partial charge < -0.3 is 9.47 Å². The molecule has 3 aromatic rings. The summed E-state index contributed by atoms with van der Waals surface area (Å²) in [5.41, 5.74) is 0.0494. The van der Waals surface area contributed by atoms with Crippen LogP contribution in [-0.4, -0.2) is 27.6 Å². The summed E-state index contributed by atoms with van der Waals surface area (Å²) in [5, 5.41) is 0. The standard InChI is InChI=1S/C19H16F2N2O4S/c1-26-17-9-8-16(23-28(24,25)13-6-4-3-5-7-13)18(22-17)12-10-14(20)19(27-2)15(21)11-12/h3-11,23H,1-2H3. The number of hydrogen-bond donors (Lipinski definition) is 1. The minimum atomic E-state index is -3.94. The molecule has 0 unspecified atom stereocenters. The highest BCUT2D eigenvalue weighted by molar-refractivity contribution is 7.92. The number of anilines is 1. The number of rotatable bonds is 6. The number of ether oxygens (including phenoxy) is 2. The number of halogens is 2. The van der Waals surface area contributed by atoms with Gasteiger partial charge in [0.05, 0.1) is 30.5 Å². The van der Waals surface area contributed by atoms with E-state index in [9.17, 15) is 17.2 Å². The molecule has 1 N–H and O–H groups in total. The van der Waals surface area contributed by atoms with Crippen LogP contribution >= 0.6 is 0 Å². The monoisotopic (exact) mass is 406 g/mol. The van der Waals surface area contributed by atoms with E-state index >= 15 is 0 Å². The van der Waals surface area contributed by atoms with Crippen LogP contribution in [0, 0.1) is 11.6 Å². The molecule has 0 fully saturated rings. The van der Waals surface area contributed by atoms with Crippen molar-refractivity contribution in [3.63, 3.8) is 0 Å². The summed E-state index contributed by atoms with van der Waals surface area (Å²) in [6.07, 6.45) is 0. The maximum Gasteiger partial charge on any atom is 0.261 e. The van der Waals surface area contributed by atoms with Gasteiger partial charge in [-0.1, -0.05) is 18.2 Å². The molecule has 0 atom stereocenters. The highest BCUT2D eigenvalue weighted by Crippen LogP contribution is 2.34. The molecule has 9 heteroatoms. The number of benzene rings is 2. The lowest BCUT2D eigenvalue weighted by Gasteiger charge is -2.14. The van der Waals surface area contributed by atoms with Crippen LogP contribution < -0.4 is 14.2 Å². The van der Waals surface area contributed by atoms with Crippen LogP contribution in [0.25, 0.3) is 11.3 Å². The summed E-state index contributed by atoms with van der Waals surface area (Å²) >= 11 is 0. The summed E-state index contributed by atoms with van der Waals surface area (Å²) in [5.74, 6) is -2.29. The van der Waals surface area contributed by atoms with Gasteiger partial charge in [0.2, 0.25) is 5.88 Å². The summed E-state index contributed by atoms with van der Waals surface area (Å²) in [6, 6.07) is 12.5. The van der Waals surface area contributed by atoms with Crippen molar-refractivity contribution < 1.29 is 26.7 Å². The van der Waals surface area contributed by atoms with Gasteiger partial charge in [-0.25, -0.2) is 22.2 Å². The lowest BCUT2D eigenvalue weighted by Crippen LogP contribution is -2.14. The van der Waals surface area contributed by atoms with E-state index in [1.54, 1.807) is 18.2 Å². The predicted molar refractivity (Wildman–Crippen MR) is 99.9 cm³/mol. The molecule has 146 valence electrons. The molecule has 28 heavy (non-hydrogen) atoms. The van der Waals surface area contributed by atoms with E-state index in [0.717, 1.165) is 19.2 Å². The van der Waals surface area contributed by atoms with Gasteiger partial charge in [0, 0.05) is 11.6 Å². The normalized spacial score (nSPS) is 11.1. The second kappa shape index (κ2) is 7.81. The van der Waals surface area contributed by atoms with Crippen molar-refractivity contribution in [1.82, 2.24) is 4.98 Å². The molecular formula is C19H16F2N2O4S. The van der Waals surface area contributed by atoms with Crippen LogP contribution in [0.15, 0.2) is 59.5 Å². The summed E-state index contributed by atoms with van der Waals surface area (Å²) in [6.45, 7) is 0. The van der Waals surface area contributed by atoms with E-state index in [1.165, 1.54) is 31.4 Å². The summed E-state index contributed by atoms with van der Waals surface area (Å²) in [4.78, 5) is 4.19. The van der Waals surface area contributed by atoms with Gasteiger partial charge in [0.1, 0.15) is 0 Å². The zero-order chi connectivity index (χ0) is 20.3. The Kier molecular flexibility index (Phi) is 5.46. The van der Waals surface area contributed by atoms with Crippen LogP contribution in [0.4, 0.5) is 14.5 Å². The highest BCUT2D eigenvalue weighted by atomic mass is 32.2. The first-order valence-electron chi connectivity index (χ1n) is 8.02. The number of sulfonamides is 1. The lowest BCUT2D eigenvalue weighted by atomic mass is 10.1.